The fourth-order valence-electron chi connectivity index (χ4n) is 4.20. The van der Waals surface area contributed by atoms with Gasteiger partial charge in [0.1, 0.15) is 0 Å². The number of sulfonamides is 1. The summed E-state index contributed by atoms with van der Waals surface area (Å²) in [6, 6.07) is 7.30. The van der Waals surface area contributed by atoms with Crippen molar-refractivity contribution in [2.75, 3.05) is 13.1 Å². The van der Waals surface area contributed by atoms with E-state index in [9.17, 15) is 13.2 Å². The molecule has 1 N–H and O–H groups in total. The lowest BCUT2D eigenvalue weighted by molar-refractivity contribution is -0.117. The molecule has 1 aliphatic heterocycles. The maximum Gasteiger partial charge on any atom is 0.243 e. The highest BCUT2D eigenvalue weighted by atomic mass is 32.2. The predicted octanol–water partition coefficient (Wildman–Crippen LogP) is 3.58. The maximum atomic E-state index is 13.1. The van der Waals surface area contributed by atoms with Crippen LogP contribution in [0.3, 0.4) is 0 Å². The van der Waals surface area contributed by atoms with Gasteiger partial charge in [0.25, 0.3) is 0 Å². The fraction of sp³-hybridized carbons (Fsp3) is 0.571. The van der Waals surface area contributed by atoms with Crippen LogP contribution in [0.25, 0.3) is 0 Å². The van der Waals surface area contributed by atoms with Crippen molar-refractivity contribution in [3.8, 4) is 0 Å². The number of amides is 1. The Morgan fingerprint density at radius 1 is 1.04 bits per heavy atom. The van der Waals surface area contributed by atoms with E-state index in [1.807, 2.05) is 12.1 Å². The second-order valence-electron chi connectivity index (χ2n) is 7.67. The Kier molecular flexibility index (Phi) is 6.71. The molecule has 1 aliphatic carbocycles. The van der Waals surface area contributed by atoms with Gasteiger partial charge in [-0.2, -0.15) is 4.31 Å². The summed E-state index contributed by atoms with van der Waals surface area (Å²) in [5.41, 5.74) is 1.25. The van der Waals surface area contributed by atoms with Crippen LogP contribution in [-0.2, 0) is 14.8 Å². The quantitative estimate of drug-likeness (QED) is 0.782. The summed E-state index contributed by atoms with van der Waals surface area (Å²) < 4.78 is 27.8. The van der Waals surface area contributed by atoms with Gasteiger partial charge in [0.2, 0.25) is 15.9 Å². The first-order valence-electron chi connectivity index (χ1n) is 10.0. The van der Waals surface area contributed by atoms with Crippen LogP contribution in [-0.4, -0.2) is 37.8 Å². The van der Waals surface area contributed by atoms with Gasteiger partial charge in [-0.25, -0.2) is 8.42 Å². The smallest absolute Gasteiger partial charge is 0.243 e. The summed E-state index contributed by atoms with van der Waals surface area (Å²) in [7, 11) is -3.55. The first-order valence-corrected chi connectivity index (χ1v) is 11.5. The van der Waals surface area contributed by atoms with Crippen molar-refractivity contribution in [1.82, 2.24) is 9.62 Å². The van der Waals surface area contributed by atoms with Crippen molar-refractivity contribution in [3.63, 3.8) is 0 Å². The summed E-state index contributed by atoms with van der Waals surface area (Å²) in [5, 5.41) is 2.85. The van der Waals surface area contributed by atoms with Crippen molar-refractivity contribution >= 4 is 15.9 Å². The fourth-order valence-corrected chi connectivity index (χ4v) is 5.72. The lowest BCUT2D eigenvalue weighted by Crippen LogP contribution is -2.44. The Balaban J connectivity index is 1.73. The highest BCUT2D eigenvalue weighted by Crippen LogP contribution is 2.33. The number of hydrogen-bond acceptors (Lipinski definition) is 3. The standard InChI is InChI=1S/C21H30N2O3S/c1-2-21(24)22-19-10-6-7-15-23(16-19)27(25,26)20-13-11-18(12-14-20)17-8-4-3-5-9-17/h2,11-14,17,19H,1,3-10,15-16H2,(H,22,24). The molecule has 1 saturated carbocycles. The summed E-state index contributed by atoms with van der Waals surface area (Å²) in [6.07, 6.45) is 9.94. The SMILES string of the molecule is C=CC(=O)NC1CCCCN(S(=O)(=O)c2ccc(C3CCCCC3)cc2)C1. The molecule has 1 aromatic carbocycles. The molecule has 1 unspecified atom stereocenters. The summed E-state index contributed by atoms with van der Waals surface area (Å²) >= 11 is 0. The maximum absolute atomic E-state index is 13.1. The lowest BCUT2D eigenvalue weighted by atomic mass is 9.84. The predicted molar refractivity (Wildman–Crippen MR) is 107 cm³/mol. The largest absolute Gasteiger partial charge is 0.349 e. The van der Waals surface area contributed by atoms with E-state index >= 15 is 0 Å². The zero-order chi connectivity index (χ0) is 19.3. The van der Waals surface area contributed by atoms with E-state index in [0.717, 1.165) is 19.3 Å². The Morgan fingerprint density at radius 2 is 1.70 bits per heavy atom. The number of hydrogen-bond donors (Lipinski definition) is 1. The molecule has 0 radical (unpaired) electrons. The summed E-state index contributed by atoms with van der Waals surface area (Å²) in [5.74, 6) is 0.309. The molecule has 2 fully saturated rings. The minimum Gasteiger partial charge on any atom is -0.349 e. The lowest BCUT2D eigenvalue weighted by Gasteiger charge is -2.25. The topological polar surface area (TPSA) is 66.5 Å². The van der Waals surface area contributed by atoms with Crippen molar-refractivity contribution in [1.29, 1.82) is 0 Å². The molecule has 0 bridgehead atoms. The normalized spacial score (nSPS) is 22.7. The molecule has 0 spiro atoms. The minimum absolute atomic E-state index is 0.172. The zero-order valence-corrected chi connectivity index (χ0v) is 16.7. The van der Waals surface area contributed by atoms with Gasteiger partial charge in [-0.1, -0.05) is 44.4 Å². The van der Waals surface area contributed by atoms with Crippen LogP contribution in [0.1, 0.15) is 62.8 Å². The molecule has 3 rings (SSSR count). The molecule has 148 valence electrons. The second kappa shape index (κ2) is 9.02. The van der Waals surface area contributed by atoms with E-state index in [-0.39, 0.29) is 11.9 Å². The van der Waals surface area contributed by atoms with Crippen molar-refractivity contribution in [3.05, 3.63) is 42.5 Å². The molecule has 1 heterocycles. The van der Waals surface area contributed by atoms with E-state index in [1.54, 1.807) is 12.1 Å². The third-order valence-corrected chi connectivity index (χ3v) is 7.64. The average Bonchev–Trinajstić information content (AvgIpc) is 2.95. The zero-order valence-electron chi connectivity index (χ0n) is 15.9. The van der Waals surface area contributed by atoms with Gasteiger partial charge in [-0.15, -0.1) is 0 Å². The summed E-state index contributed by atoms with van der Waals surface area (Å²) in [4.78, 5) is 12.0. The molecule has 1 amide bonds. The molecule has 5 nitrogen and oxygen atoms in total. The number of rotatable bonds is 5. The third kappa shape index (κ3) is 4.99. The van der Waals surface area contributed by atoms with E-state index in [0.29, 0.717) is 23.9 Å². The average molecular weight is 391 g/mol. The molecule has 1 saturated heterocycles. The van der Waals surface area contributed by atoms with Crippen molar-refractivity contribution < 1.29 is 13.2 Å². The summed E-state index contributed by atoms with van der Waals surface area (Å²) in [6.45, 7) is 4.27. The third-order valence-electron chi connectivity index (χ3n) is 5.76. The monoisotopic (exact) mass is 390 g/mol. The van der Waals surface area contributed by atoms with E-state index in [2.05, 4.69) is 11.9 Å². The Bertz CT molecular complexity index is 752. The Hall–Kier alpha value is -1.66. The van der Waals surface area contributed by atoms with E-state index < -0.39 is 10.0 Å². The van der Waals surface area contributed by atoms with Crippen LogP contribution >= 0.6 is 0 Å². The molecule has 27 heavy (non-hydrogen) atoms. The van der Waals surface area contributed by atoms with Crippen LogP contribution in [0.4, 0.5) is 0 Å². The van der Waals surface area contributed by atoms with E-state index in [4.69, 9.17) is 0 Å². The number of benzene rings is 1. The number of carbonyl (C=O) groups is 1. The molecule has 1 aromatic rings. The molecular formula is C21H30N2O3S. The molecule has 6 heteroatoms. The van der Waals surface area contributed by atoms with Crippen molar-refractivity contribution in [2.45, 2.75) is 68.2 Å². The highest BCUT2D eigenvalue weighted by molar-refractivity contribution is 7.89. The van der Waals surface area contributed by atoms with E-state index in [1.165, 1.54) is 48.0 Å². The minimum atomic E-state index is -3.55. The number of nitrogens with one attached hydrogen (secondary N) is 1. The Labute approximate surface area is 162 Å². The first-order chi connectivity index (χ1) is 13.0. The highest BCUT2D eigenvalue weighted by Gasteiger charge is 2.29. The number of carbonyl (C=O) groups excluding carboxylic acids is 1. The van der Waals surface area contributed by atoms with Gasteiger partial charge >= 0.3 is 0 Å². The second-order valence-corrected chi connectivity index (χ2v) is 9.61. The van der Waals surface area contributed by atoms with Gasteiger partial charge in [-0.05, 0) is 55.4 Å². The van der Waals surface area contributed by atoms with Crippen LogP contribution in [0, 0.1) is 0 Å². The van der Waals surface area contributed by atoms with Crippen LogP contribution in [0.5, 0.6) is 0 Å². The molecule has 0 aromatic heterocycles. The van der Waals surface area contributed by atoms with Crippen LogP contribution < -0.4 is 5.32 Å². The molecule has 2 aliphatic rings. The van der Waals surface area contributed by atoms with Gasteiger partial charge < -0.3 is 5.32 Å². The Morgan fingerprint density at radius 3 is 2.37 bits per heavy atom. The van der Waals surface area contributed by atoms with Gasteiger partial charge in [-0.3, -0.25) is 4.79 Å². The van der Waals surface area contributed by atoms with Gasteiger partial charge in [0, 0.05) is 19.1 Å². The van der Waals surface area contributed by atoms with Gasteiger partial charge in [0.15, 0.2) is 0 Å². The van der Waals surface area contributed by atoms with Crippen LogP contribution in [0.2, 0.25) is 0 Å². The number of nitrogens with zero attached hydrogens (tertiary/aromatic N) is 1. The molecule has 1 atom stereocenters. The first kappa shape index (κ1) is 20.1. The molecular weight excluding hydrogens is 360 g/mol. The van der Waals surface area contributed by atoms with Crippen molar-refractivity contribution in [2.24, 2.45) is 0 Å². The van der Waals surface area contributed by atoms with Crippen LogP contribution in [0.15, 0.2) is 41.8 Å². The van der Waals surface area contributed by atoms with Gasteiger partial charge in [0.05, 0.1) is 4.90 Å².